The van der Waals surface area contributed by atoms with Gasteiger partial charge >= 0.3 is 4.87 Å². The number of fused-ring (bicyclic) bond motifs is 9. The van der Waals surface area contributed by atoms with Crippen LogP contribution in [-0.4, -0.2) is 34.6 Å². The van der Waals surface area contributed by atoms with Gasteiger partial charge in [-0.25, -0.2) is 0 Å². The Morgan fingerprint density at radius 3 is 2.41 bits per heavy atom. The van der Waals surface area contributed by atoms with Gasteiger partial charge in [-0.05, 0) is 66.6 Å². The van der Waals surface area contributed by atoms with Crippen LogP contribution in [0.2, 0.25) is 0 Å². The topological polar surface area (TPSA) is 109 Å². The maximum Gasteiger partial charge on any atom is 0.305 e. The highest BCUT2D eigenvalue weighted by atomic mass is 79.9. The Hall–Kier alpha value is -3.67. The molecule has 8 nitrogen and oxygen atoms in total. The van der Waals surface area contributed by atoms with Gasteiger partial charge in [0.2, 0.25) is 11.8 Å². The molecule has 0 unspecified atom stereocenters. The number of rotatable bonds is 6. The third-order valence-corrected chi connectivity index (χ3v) is 12.6. The third kappa shape index (κ3) is 4.39. The number of halogens is 1. The Morgan fingerprint density at radius 1 is 0.932 bits per heavy atom. The fourth-order valence-corrected chi connectivity index (χ4v) is 11.1. The average molecular weight is 689 g/mol. The molecule has 2 N–H and O–H groups in total. The number of aromatic amines is 1. The number of hydrogen-bond donors (Lipinski definition) is 2. The zero-order chi connectivity index (χ0) is 30.1. The number of nitrogens with one attached hydrogen (secondary N) is 2. The number of thiazole rings is 1. The summed E-state index contributed by atoms with van der Waals surface area (Å²) in [6.07, 6.45) is 0.793. The minimum Gasteiger partial charge on any atom is -0.483 e. The summed E-state index contributed by atoms with van der Waals surface area (Å²) in [7, 11) is 0. The molecule has 0 radical (unpaired) electrons. The molecule has 4 aromatic rings. The van der Waals surface area contributed by atoms with Crippen LogP contribution in [0.25, 0.3) is 0 Å². The molecule has 44 heavy (non-hydrogen) atoms. The summed E-state index contributed by atoms with van der Waals surface area (Å²) in [6, 6.07) is 24.2. The van der Waals surface area contributed by atoms with Crippen LogP contribution in [0.5, 0.6) is 5.75 Å². The van der Waals surface area contributed by atoms with Crippen molar-refractivity contribution in [2.45, 2.75) is 22.6 Å². The van der Waals surface area contributed by atoms with E-state index in [1.165, 1.54) is 16.2 Å². The SMILES string of the molecule is O=C(COc1ccccc1[C@@H]1c2sc(=O)[nH]c2S[C@@H]2[C@@H]3C[C@@H]([C@@H]4C(=O)N(c5ccc(Br)cc5)C(=O)[C@@H]34)[C@H]12)Nc1ccccc1. The molecule has 2 bridgehead atoms. The highest BCUT2D eigenvalue weighted by Gasteiger charge is 2.69. The Kier molecular flexibility index (Phi) is 6.80. The van der Waals surface area contributed by atoms with Crippen LogP contribution in [0.15, 0.2) is 93.2 Å². The lowest BCUT2D eigenvalue weighted by molar-refractivity contribution is -0.123. The van der Waals surface area contributed by atoms with Crippen LogP contribution >= 0.6 is 39.0 Å². The molecular weight excluding hydrogens is 662 g/mol. The van der Waals surface area contributed by atoms with E-state index in [-0.39, 0.29) is 64.0 Å². The van der Waals surface area contributed by atoms with E-state index < -0.39 is 5.92 Å². The van der Waals surface area contributed by atoms with E-state index in [2.05, 4.69) is 26.2 Å². The number of carbonyl (C=O) groups is 3. The van der Waals surface area contributed by atoms with Gasteiger partial charge in [-0.15, -0.1) is 11.8 Å². The van der Waals surface area contributed by atoms with Gasteiger partial charge in [-0.2, -0.15) is 0 Å². The summed E-state index contributed by atoms with van der Waals surface area (Å²) in [4.78, 5) is 58.5. The fourth-order valence-electron chi connectivity index (χ4n) is 7.94. The van der Waals surface area contributed by atoms with E-state index in [4.69, 9.17) is 4.74 Å². The van der Waals surface area contributed by atoms with Crippen molar-refractivity contribution in [1.82, 2.24) is 4.98 Å². The van der Waals surface area contributed by atoms with E-state index in [0.717, 1.165) is 26.4 Å². The second-order valence-electron chi connectivity index (χ2n) is 11.7. The van der Waals surface area contributed by atoms with Gasteiger partial charge in [0, 0.05) is 31.8 Å². The zero-order valence-corrected chi connectivity index (χ0v) is 26.4. The van der Waals surface area contributed by atoms with Gasteiger partial charge in [0.25, 0.3) is 5.91 Å². The van der Waals surface area contributed by atoms with Crippen molar-refractivity contribution in [1.29, 1.82) is 0 Å². The minimum atomic E-state index is -0.401. The predicted molar refractivity (Wildman–Crippen MR) is 172 cm³/mol. The molecule has 4 aliphatic rings. The number of amides is 3. The van der Waals surface area contributed by atoms with Crippen LogP contribution in [0.3, 0.4) is 0 Å². The molecule has 0 spiro atoms. The molecule has 2 aliphatic carbocycles. The fraction of sp³-hybridized carbons (Fsp3) is 0.273. The van der Waals surface area contributed by atoms with Crippen molar-refractivity contribution in [3.8, 4) is 5.75 Å². The van der Waals surface area contributed by atoms with Gasteiger partial charge in [0.1, 0.15) is 5.75 Å². The number of nitrogens with zero attached hydrogens (tertiary/aromatic N) is 1. The Labute approximate surface area is 269 Å². The van der Waals surface area contributed by atoms with Crippen LogP contribution in [0.4, 0.5) is 11.4 Å². The molecular formula is C33H26BrN3O5S2. The Bertz CT molecular complexity index is 1860. The third-order valence-electron chi connectivity index (χ3n) is 9.48. The standard InChI is InChI=1S/C33H26BrN3O5S2/c34-16-10-12-18(13-11-16)37-31(39)26-20-14-21(27(26)32(37)40)28-25(20)24(29-30(43-28)36-33(41)44-29)19-8-4-5-9-22(19)42-15-23(38)35-17-6-2-1-3-7-17/h1-13,20-21,24-28H,14-15H2,(H,35,38)(H,36,41)/t20-,21-,24+,25-,26+,27+,28-/m1/s1. The van der Waals surface area contributed by atoms with Gasteiger partial charge < -0.3 is 15.0 Å². The molecule has 222 valence electrons. The Balaban J connectivity index is 1.13. The van der Waals surface area contributed by atoms with Crippen LogP contribution in [0.1, 0.15) is 22.8 Å². The van der Waals surface area contributed by atoms with E-state index in [1.807, 2.05) is 66.7 Å². The van der Waals surface area contributed by atoms with E-state index in [0.29, 0.717) is 17.1 Å². The second kappa shape index (κ2) is 10.7. The maximum atomic E-state index is 14.0. The number of benzene rings is 3. The number of imide groups is 1. The number of carbonyl (C=O) groups excluding carboxylic acids is 3. The first kappa shape index (κ1) is 27.8. The number of thioether (sulfide) groups is 1. The smallest absolute Gasteiger partial charge is 0.305 e. The summed E-state index contributed by atoms with van der Waals surface area (Å²) in [6.45, 7) is -0.177. The Morgan fingerprint density at radius 2 is 1.64 bits per heavy atom. The number of para-hydroxylation sites is 2. The minimum absolute atomic E-state index is 0.0145. The summed E-state index contributed by atoms with van der Waals surface area (Å²) in [5.74, 6) is -0.930. The molecule has 1 saturated heterocycles. The average Bonchev–Trinajstić information content (AvgIpc) is 3.76. The molecule has 7 atom stereocenters. The largest absolute Gasteiger partial charge is 0.483 e. The first-order chi connectivity index (χ1) is 21.4. The number of aromatic nitrogens is 1. The predicted octanol–water partition coefficient (Wildman–Crippen LogP) is 5.89. The van der Waals surface area contributed by atoms with Crippen molar-refractivity contribution in [3.63, 3.8) is 0 Å². The molecule has 2 aliphatic heterocycles. The monoisotopic (exact) mass is 687 g/mol. The van der Waals surface area contributed by atoms with Crippen molar-refractivity contribution >= 4 is 68.1 Å². The first-order valence-corrected chi connectivity index (χ1v) is 17.0. The molecule has 2 saturated carbocycles. The van der Waals surface area contributed by atoms with E-state index in [1.54, 1.807) is 23.9 Å². The number of anilines is 2. The lowest BCUT2D eigenvalue weighted by Gasteiger charge is -2.43. The molecule has 3 aromatic carbocycles. The van der Waals surface area contributed by atoms with Crippen LogP contribution < -0.4 is 19.8 Å². The number of hydrogen-bond acceptors (Lipinski definition) is 7. The molecule has 3 heterocycles. The molecule has 8 rings (SSSR count). The van der Waals surface area contributed by atoms with Gasteiger partial charge in [-0.1, -0.05) is 63.7 Å². The quantitative estimate of drug-likeness (QED) is 0.245. The molecule has 3 fully saturated rings. The van der Waals surface area contributed by atoms with Crippen molar-refractivity contribution in [2.75, 3.05) is 16.8 Å². The number of H-pyrrole nitrogens is 1. The number of ether oxygens (including phenoxy) is 1. The zero-order valence-electron chi connectivity index (χ0n) is 23.1. The van der Waals surface area contributed by atoms with E-state index >= 15 is 0 Å². The normalized spacial score (nSPS) is 28.0. The highest BCUT2D eigenvalue weighted by Crippen LogP contribution is 2.69. The van der Waals surface area contributed by atoms with Gasteiger partial charge in [0.15, 0.2) is 6.61 Å². The molecule has 11 heteroatoms. The first-order valence-electron chi connectivity index (χ1n) is 14.5. The second-order valence-corrected chi connectivity index (χ2v) is 14.8. The van der Waals surface area contributed by atoms with Crippen molar-refractivity contribution in [2.24, 2.45) is 29.6 Å². The van der Waals surface area contributed by atoms with Crippen LogP contribution in [-0.2, 0) is 14.4 Å². The lowest BCUT2D eigenvalue weighted by atomic mass is 9.68. The molecule has 1 aromatic heterocycles. The highest BCUT2D eigenvalue weighted by molar-refractivity contribution is 9.10. The van der Waals surface area contributed by atoms with Crippen LogP contribution in [0, 0.1) is 29.6 Å². The summed E-state index contributed by atoms with van der Waals surface area (Å²) >= 11 is 6.28. The van der Waals surface area contributed by atoms with Crippen molar-refractivity contribution < 1.29 is 19.1 Å². The summed E-state index contributed by atoms with van der Waals surface area (Å²) in [5, 5.41) is 3.74. The van der Waals surface area contributed by atoms with Gasteiger partial charge in [-0.3, -0.25) is 24.1 Å². The molecule has 3 amide bonds. The lowest BCUT2D eigenvalue weighted by Crippen LogP contribution is -2.42. The maximum absolute atomic E-state index is 14.0. The van der Waals surface area contributed by atoms with Crippen molar-refractivity contribution in [3.05, 3.63) is 103 Å². The summed E-state index contributed by atoms with van der Waals surface area (Å²) < 4.78 is 7.03. The van der Waals surface area contributed by atoms with Gasteiger partial charge in [0.05, 0.1) is 22.5 Å². The van der Waals surface area contributed by atoms with E-state index in [9.17, 15) is 19.2 Å². The summed E-state index contributed by atoms with van der Waals surface area (Å²) in [5.41, 5.74) is 2.17.